The molecule has 8 nitrogen and oxygen atoms in total. The van der Waals surface area contributed by atoms with Crippen LogP contribution >= 0.6 is 0 Å². The molecular weight excluding hydrogens is 401 g/mol. The second-order valence-electron chi connectivity index (χ2n) is 7.88. The number of guanidine groups is 1. The number of anilines is 1. The van der Waals surface area contributed by atoms with E-state index in [9.17, 15) is 18.0 Å². The Morgan fingerprint density at radius 3 is 2.70 bits per heavy atom. The topological polar surface area (TPSA) is 90.9 Å². The first-order valence-corrected chi connectivity index (χ1v) is 9.71. The molecule has 1 aliphatic rings. The van der Waals surface area contributed by atoms with Crippen molar-refractivity contribution in [3.63, 3.8) is 0 Å². The average Bonchev–Trinajstić information content (AvgIpc) is 3.07. The predicted molar refractivity (Wildman–Crippen MR) is 108 cm³/mol. The molecule has 0 aliphatic carbocycles. The third-order valence-corrected chi connectivity index (χ3v) is 4.23. The van der Waals surface area contributed by atoms with E-state index in [1.807, 2.05) is 4.90 Å². The number of alkyl carbamates (subject to hydrolysis) is 1. The van der Waals surface area contributed by atoms with Crippen molar-refractivity contribution in [1.82, 2.24) is 20.5 Å². The number of nitrogens with zero attached hydrogens (tertiary/aromatic N) is 3. The minimum Gasteiger partial charge on any atom is -0.444 e. The Bertz CT molecular complexity index is 749. The number of nitrogens with one attached hydrogen (secondary N) is 3. The Morgan fingerprint density at radius 1 is 1.33 bits per heavy atom. The van der Waals surface area contributed by atoms with Gasteiger partial charge in [-0.1, -0.05) is 0 Å². The van der Waals surface area contributed by atoms with Crippen molar-refractivity contribution < 1.29 is 22.7 Å². The van der Waals surface area contributed by atoms with Gasteiger partial charge in [-0.2, -0.15) is 13.2 Å². The predicted octanol–water partition coefficient (Wildman–Crippen LogP) is 2.69. The molecule has 1 fully saturated rings. The van der Waals surface area contributed by atoms with Crippen LogP contribution in [0.4, 0.5) is 23.8 Å². The van der Waals surface area contributed by atoms with Crippen molar-refractivity contribution in [1.29, 1.82) is 0 Å². The molecule has 2 heterocycles. The molecule has 30 heavy (non-hydrogen) atoms. The summed E-state index contributed by atoms with van der Waals surface area (Å²) in [5, 5.41) is 8.66. The Hall–Kier alpha value is -2.72. The molecule has 0 aromatic carbocycles. The van der Waals surface area contributed by atoms with Crippen LogP contribution in [0.1, 0.15) is 32.8 Å². The summed E-state index contributed by atoms with van der Waals surface area (Å²) < 4.78 is 44.3. The van der Waals surface area contributed by atoms with Crippen LogP contribution in [0, 0.1) is 0 Å². The lowest BCUT2D eigenvalue weighted by Gasteiger charge is -2.23. The van der Waals surface area contributed by atoms with Crippen LogP contribution < -0.4 is 16.0 Å². The molecule has 0 spiro atoms. The van der Waals surface area contributed by atoms with E-state index in [4.69, 9.17) is 4.74 Å². The molecular formula is C19H29F3N6O2. The number of alkyl halides is 3. The highest BCUT2D eigenvalue weighted by Gasteiger charge is 2.34. The molecule has 0 saturated carbocycles. The van der Waals surface area contributed by atoms with Gasteiger partial charge in [0.05, 0.1) is 11.6 Å². The number of aliphatic imine (C=N–C) groups is 1. The van der Waals surface area contributed by atoms with E-state index in [-0.39, 0.29) is 18.4 Å². The number of aromatic nitrogens is 1. The first kappa shape index (κ1) is 23.6. The molecule has 1 aromatic heterocycles. The molecule has 0 bridgehead atoms. The lowest BCUT2D eigenvalue weighted by Crippen LogP contribution is -2.45. The lowest BCUT2D eigenvalue weighted by molar-refractivity contribution is -0.137. The minimum atomic E-state index is -4.47. The Kier molecular flexibility index (Phi) is 7.74. The van der Waals surface area contributed by atoms with Crippen molar-refractivity contribution in [2.75, 3.05) is 38.5 Å². The molecule has 1 atom stereocenters. The first-order chi connectivity index (χ1) is 14.0. The maximum absolute atomic E-state index is 13.0. The van der Waals surface area contributed by atoms with Gasteiger partial charge in [-0.25, -0.2) is 9.78 Å². The van der Waals surface area contributed by atoms with E-state index >= 15 is 0 Å². The van der Waals surface area contributed by atoms with E-state index in [2.05, 4.69) is 25.9 Å². The van der Waals surface area contributed by atoms with E-state index in [0.29, 0.717) is 25.6 Å². The van der Waals surface area contributed by atoms with E-state index in [0.717, 1.165) is 12.5 Å². The highest BCUT2D eigenvalue weighted by atomic mass is 19.4. The standard InChI is InChI=1S/C19H29F3N6O2/c1-18(2,3)30-17(29)27-13-7-11-28(12-13)16(23-4)26-10-9-25-15-14(19(20,21)22)6-5-8-24-15/h5-6,8,13H,7,9-12H2,1-4H3,(H,23,26)(H,24,25)(H,27,29). The molecule has 168 valence electrons. The number of likely N-dealkylation sites (tertiary alicyclic amines) is 1. The zero-order chi connectivity index (χ0) is 22.4. The molecule has 0 radical (unpaired) electrons. The third-order valence-electron chi connectivity index (χ3n) is 4.23. The van der Waals surface area contributed by atoms with Gasteiger partial charge < -0.3 is 25.6 Å². The van der Waals surface area contributed by atoms with Gasteiger partial charge in [0.1, 0.15) is 11.4 Å². The van der Waals surface area contributed by atoms with Gasteiger partial charge in [0.15, 0.2) is 5.96 Å². The normalized spacial score (nSPS) is 17.6. The monoisotopic (exact) mass is 430 g/mol. The zero-order valence-electron chi connectivity index (χ0n) is 17.6. The van der Waals surface area contributed by atoms with Crippen molar-refractivity contribution in [3.05, 3.63) is 23.9 Å². The molecule has 11 heteroatoms. The Labute approximate surface area is 174 Å². The summed E-state index contributed by atoms with van der Waals surface area (Å²) in [4.78, 5) is 21.9. The number of ether oxygens (including phenoxy) is 1. The number of halogens is 3. The minimum absolute atomic E-state index is 0.0700. The molecule has 1 unspecified atom stereocenters. The summed E-state index contributed by atoms with van der Waals surface area (Å²) in [5.41, 5.74) is -1.36. The fourth-order valence-corrected chi connectivity index (χ4v) is 3.01. The average molecular weight is 430 g/mol. The van der Waals surface area contributed by atoms with Crippen LogP contribution in [-0.2, 0) is 10.9 Å². The number of hydrogen-bond acceptors (Lipinski definition) is 5. The van der Waals surface area contributed by atoms with Crippen LogP contribution in [0.3, 0.4) is 0 Å². The Morgan fingerprint density at radius 2 is 2.07 bits per heavy atom. The number of carbonyl (C=O) groups excluding carboxylic acids is 1. The summed E-state index contributed by atoms with van der Waals surface area (Å²) in [6.45, 7) is 7.23. The number of hydrogen-bond donors (Lipinski definition) is 3. The lowest BCUT2D eigenvalue weighted by atomic mass is 10.2. The van der Waals surface area contributed by atoms with Crippen molar-refractivity contribution in [3.8, 4) is 0 Å². The zero-order valence-corrected chi connectivity index (χ0v) is 17.6. The van der Waals surface area contributed by atoms with Gasteiger partial charge in [-0.15, -0.1) is 0 Å². The maximum Gasteiger partial charge on any atom is 0.419 e. The maximum atomic E-state index is 13.0. The Balaban J connectivity index is 1.79. The molecule has 1 amide bonds. The highest BCUT2D eigenvalue weighted by Crippen LogP contribution is 2.33. The number of rotatable bonds is 5. The van der Waals surface area contributed by atoms with Gasteiger partial charge in [-0.05, 0) is 39.3 Å². The molecule has 2 rings (SSSR count). The summed E-state index contributed by atoms with van der Waals surface area (Å²) in [6.07, 6.45) is -2.88. The van der Waals surface area contributed by atoms with Gasteiger partial charge in [-0.3, -0.25) is 4.99 Å². The number of pyridine rings is 1. The van der Waals surface area contributed by atoms with Crippen molar-refractivity contribution in [2.45, 2.75) is 45.0 Å². The van der Waals surface area contributed by atoms with Gasteiger partial charge in [0.2, 0.25) is 0 Å². The first-order valence-electron chi connectivity index (χ1n) is 9.71. The summed E-state index contributed by atoms with van der Waals surface area (Å²) in [7, 11) is 1.63. The quantitative estimate of drug-likeness (QED) is 0.378. The fraction of sp³-hybridized carbons (Fsp3) is 0.632. The molecule has 1 aliphatic heterocycles. The van der Waals surface area contributed by atoms with Crippen LogP contribution in [-0.4, -0.2) is 66.8 Å². The third kappa shape index (κ3) is 7.27. The number of amides is 1. The summed E-state index contributed by atoms with van der Waals surface area (Å²) in [6, 6.07) is 2.17. The van der Waals surface area contributed by atoms with Crippen LogP contribution in [0.2, 0.25) is 0 Å². The summed E-state index contributed by atoms with van der Waals surface area (Å²) in [5.74, 6) is 0.409. The second-order valence-corrected chi connectivity index (χ2v) is 7.88. The molecule has 3 N–H and O–H groups in total. The van der Waals surface area contributed by atoms with Crippen molar-refractivity contribution in [2.24, 2.45) is 4.99 Å². The fourth-order valence-electron chi connectivity index (χ4n) is 3.01. The van der Waals surface area contributed by atoms with Crippen LogP contribution in [0.25, 0.3) is 0 Å². The van der Waals surface area contributed by atoms with Crippen molar-refractivity contribution >= 4 is 17.9 Å². The van der Waals surface area contributed by atoms with E-state index < -0.39 is 23.4 Å². The molecule has 1 aromatic rings. The SMILES string of the molecule is CN=C(NCCNc1ncccc1C(F)(F)F)N1CCC(NC(=O)OC(C)(C)C)C1. The number of carbonyl (C=O) groups is 1. The molecule has 1 saturated heterocycles. The largest absolute Gasteiger partial charge is 0.444 e. The van der Waals surface area contributed by atoms with Gasteiger partial charge >= 0.3 is 12.3 Å². The van der Waals surface area contributed by atoms with E-state index in [1.165, 1.54) is 12.3 Å². The smallest absolute Gasteiger partial charge is 0.419 e. The van der Waals surface area contributed by atoms with Gasteiger partial charge in [0, 0.05) is 39.4 Å². The second kappa shape index (κ2) is 9.86. The van der Waals surface area contributed by atoms with Crippen LogP contribution in [0.5, 0.6) is 0 Å². The van der Waals surface area contributed by atoms with Crippen LogP contribution in [0.15, 0.2) is 23.3 Å². The van der Waals surface area contributed by atoms with Gasteiger partial charge in [0.25, 0.3) is 0 Å². The summed E-state index contributed by atoms with van der Waals surface area (Å²) >= 11 is 0. The highest BCUT2D eigenvalue weighted by molar-refractivity contribution is 5.80. The van der Waals surface area contributed by atoms with E-state index in [1.54, 1.807) is 27.8 Å².